The summed E-state index contributed by atoms with van der Waals surface area (Å²) in [5, 5.41) is 9.69. The van der Waals surface area contributed by atoms with Crippen LogP contribution in [0.5, 0.6) is 0 Å². The highest BCUT2D eigenvalue weighted by molar-refractivity contribution is 6.14. The standard InChI is InChI=1S/C42H27NO/c1-3-15-34-28(10-1)12-8-18-36(34)30-13-7-14-32(26-30)43(39-19-9-21-41-42(39)38-17-5-6-20-40(38)44-41)33-24-25-37-31(27-33)23-22-29-11-2-4-16-35(29)37/h1-27H. The van der Waals surface area contributed by atoms with Crippen LogP contribution in [0.25, 0.3) is 65.4 Å². The lowest BCUT2D eigenvalue weighted by atomic mass is 9.97. The van der Waals surface area contributed by atoms with Gasteiger partial charge in [-0.05, 0) is 85.9 Å². The minimum absolute atomic E-state index is 0.880. The first-order valence-corrected chi connectivity index (χ1v) is 15.0. The lowest BCUT2D eigenvalue weighted by Gasteiger charge is -2.27. The van der Waals surface area contributed by atoms with E-state index < -0.39 is 0 Å². The molecule has 0 bridgehead atoms. The summed E-state index contributed by atoms with van der Waals surface area (Å²) in [4.78, 5) is 2.38. The van der Waals surface area contributed by atoms with Gasteiger partial charge in [0.1, 0.15) is 11.2 Å². The molecule has 2 heteroatoms. The fourth-order valence-corrected chi connectivity index (χ4v) is 6.80. The van der Waals surface area contributed by atoms with Crippen LogP contribution in [0.1, 0.15) is 0 Å². The first-order chi connectivity index (χ1) is 21.8. The molecule has 1 heterocycles. The molecule has 0 fully saturated rings. The van der Waals surface area contributed by atoms with Crippen molar-refractivity contribution in [1.82, 2.24) is 0 Å². The average molecular weight is 562 g/mol. The second-order valence-corrected chi connectivity index (χ2v) is 11.4. The molecule has 1 aromatic heterocycles. The molecule has 0 aliphatic heterocycles. The van der Waals surface area contributed by atoms with E-state index in [0.29, 0.717) is 0 Å². The summed E-state index contributed by atoms with van der Waals surface area (Å²) >= 11 is 0. The van der Waals surface area contributed by atoms with Gasteiger partial charge in [-0.15, -0.1) is 0 Å². The van der Waals surface area contributed by atoms with Gasteiger partial charge in [0.25, 0.3) is 0 Å². The molecule has 0 saturated carbocycles. The molecule has 9 aromatic rings. The SMILES string of the molecule is c1cc(-c2cccc3ccccc23)cc(N(c2ccc3c(ccc4ccccc43)c2)c2cccc3oc4ccccc4c23)c1. The Balaban J connectivity index is 1.31. The minimum Gasteiger partial charge on any atom is -0.456 e. The largest absolute Gasteiger partial charge is 0.456 e. The Morgan fingerprint density at radius 2 is 1.02 bits per heavy atom. The second kappa shape index (κ2) is 9.86. The highest BCUT2D eigenvalue weighted by atomic mass is 16.3. The summed E-state index contributed by atoms with van der Waals surface area (Å²) in [5.41, 5.74) is 7.45. The van der Waals surface area contributed by atoms with Crippen molar-refractivity contribution in [2.75, 3.05) is 4.90 Å². The first kappa shape index (κ1) is 24.7. The van der Waals surface area contributed by atoms with E-state index in [-0.39, 0.29) is 0 Å². The molecule has 0 aliphatic rings. The van der Waals surface area contributed by atoms with Crippen LogP contribution in [0, 0.1) is 0 Å². The van der Waals surface area contributed by atoms with Gasteiger partial charge in [-0.3, -0.25) is 0 Å². The molecule has 206 valence electrons. The minimum atomic E-state index is 0.880. The van der Waals surface area contributed by atoms with Crippen LogP contribution in [0.4, 0.5) is 17.1 Å². The van der Waals surface area contributed by atoms with E-state index in [0.717, 1.165) is 39.0 Å². The maximum absolute atomic E-state index is 6.35. The fourth-order valence-electron chi connectivity index (χ4n) is 6.80. The van der Waals surface area contributed by atoms with Crippen molar-refractivity contribution in [3.8, 4) is 11.1 Å². The number of rotatable bonds is 4. The Bertz CT molecular complexity index is 2520. The smallest absolute Gasteiger partial charge is 0.137 e. The van der Waals surface area contributed by atoms with E-state index in [2.05, 4.69) is 157 Å². The van der Waals surface area contributed by atoms with Gasteiger partial charge in [-0.2, -0.15) is 0 Å². The second-order valence-electron chi connectivity index (χ2n) is 11.4. The van der Waals surface area contributed by atoms with E-state index in [9.17, 15) is 0 Å². The fraction of sp³-hybridized carbons (Fsp3) is 0. The summed E-state index contributed by atoms with van der Waals surface area (Å²) in [6.45, 7) is 0. The molecule has 0 radical (unpaired) electrons. The molecule has 0 saturated heterocycles. The lowest BCUT2D eigenvalue weighted by Crippen LogP contribution is -2.10. The molecule has 44 heavy (non-hydrogen) atoms. The summed E-state index contributed by atoms with van der Waals surface area (Å²) < 4.78 is 6.35. The van der Waals surface area contributed by atoms with E-state index in [4.69, 9.17) is 4.42 Å². The molecule has 0 spiro atoms. The molecule has 0 amide bonds. The number of benzene rings is 8. The molecular formula is C42H27NO. The molecule has 0 aliphatic carbocycles. The van der Waals surface area contributed by atoms with Crippen LogP contribution in [-0.2, 0) is 0 Å². The van der Waals surface area contributed by atoms with Gasteiger partial charge in [-0.1, -0.05) is 121 Å². The van der Waals surface area contributed by atoms with Gasteiger partial charge in [0, 0.05) is 16.8 Å². The number of hydrogen-bond donors (Lipinski definition) is 0. The van der Waals surface area contributed by atoms with Crippen LogP contribution < -0.4 is 4.90 Å². The third kappa shape index (κ3) is 3.89. The highest BCUT2D eigenvalue weighted by Crippen LogP contribution is 2.44. The molecule has 0 atom stereocenters. The van der Waals surface area contributed by atoms with Crippen LogP contribution >= 0.6 is 0 Å². The monoisotopic (exact) mass is 561 g/mol. The molecule has 8 aromatic carbocycles. The summed E-state index contributed by atoms with van der Waals surface area (Å²) in [7, 11) is 0. The third-order valence-corrected chi connectivity index (χ3v) is 8.81. The number of anilines is 3. The van der Waals surface area contributed by atoms with Crippen molar-refractivity contribution in [1.29, 1.82) is 0 Å². The summed E-state index contributed by atoms with van der Waals surface area (Å²) in [5.74, 6) is 0. The van der Waals surface area contributed by atoms with Crippen molar-refractivity contribution in [3.05, 3.63) is 164 Å². The predicted octanol–water partition coefficient (Wildman–Crippen LogP) is 12.2. The number of fused-ring (bicyclic) bond motifs is 7. The maximum atomic E-state index is 6.35. The van der Waals surface area contributed by atoms with E-state index in [1.165, 1.54) is 43.4 Å². The Morgan fingerprint density at radius 3 is 1.93 bits per heavy atom. The first-order valence-electron chi connectivity index (χ1n) is 15.0. The number of nitrogens with zero attached hydrogens (tertiary/aromatic N) is 1. The predicted molar refractivity (Wildman–Crippen MR) is 186 cm³/mol. The quantitative estimate of drug-likeness (QED) is 0.199. The lowest BCUT2D eigenvalue weighted by molar-refractivity contribution is 0.669. The van der Waals surface area contributed by atoms with Crippen LogP contribution in [-0.4, -0.2) is 0 Å². The van der Waals surface area contributed by atoms with Crippen LogP contribution in [0.2, 0.25) is 0 Å². The Morgan fingerprint density at radius 1 is 0.386 bits per heavy atom. The number of para-hydroxylation sites is 1. The number of furan rings is 1. The van der Waals surface area contributed by atoms with Gasteiger partial charge < -0.3 is 9.32 Å². The van der Waals surface area contributed by atoms with Crippen molar-refractivity contribution < 1.29 is 4.42 Å². The normalized spacial score (nSPS) is 11.6. The van der Waals surface area contributed by atoms with Gasteiger partial charge in [0.15, 0.2) is 0 Å². The van der Waals surface area contributed by atoms with Gasteiger partial charge in [0.2, 0.25) is 0 Å². The number of hydrogen-bond acceptors (Lipinski definition) is 2. The van der Waals surface area contributed by atoms with Crippen molar-refractivity contribution >= 4 is 71.3 Å². The summed E-state index contributed by atoms with van der Waals surface area (Å²) in [6, 6.07) is 58.6. The van der Waals surface area contributed by atoms with Crippen molar-refractivity contribution in [2.45, 2.75) is 0 Å². The molecule has 9 rings (SSSR count). The van der Waals surface area contributed by atoms with E-state index in [1.807, 2.05) is 12.1 Å². The zero-order chi connectivity index (χ0) is 29.0. The zero-order valence-electron chi connectivity index (χ0n) is 23.9. The van der Waals surface area contributed by atoms with Gasteiger partial charge in [0.05, 0.1) is 11.1 Å². The third-order valence-electron chi connectivity index (χ3n) is 8.81. The van der Waals surface area contributed by atoms with E-state index in [1.54, 1.807) is 0 Å². The van der Waals surface area contributed by atoms with E-state index >= 15 is 0 Å². The van der Waals surface area contributed by atoms with Gasteiger partial charge >= 0.3 is 0 Å². The maximum Gasteiger partial charge on any atom is 0.137 e. The average Bonchev–Trinajstić information content (AvgIpc) is 3.48. The van der Waals surface area contributed by atoms with Crippen LogP contribution in [0.15, 0.2) is 168 Å². The van der Waals surface area contributed by atoms with Crippen molar-refractivity contribution in [2.24, 2.45) is 0 Å². The van der Waals surface area contributed by atoms with Crippen LogP contribution in [0.3, 0.4) is 0 Å². The Kier molecular flexibility index (Phi) is 5.54. The zero-order valence-corrected chi connectivity index (χ0v) is 23.9. The molecule has 0 unspecified atom stereocenters. The molecule has 2 nitrogen and oxygen atoms in total. The molecular weight excluding hydrogens is 534 g/mol. The Labute approximate surface area is 255 Å². The Hall–Kier alpha value is -5.86. The molecule has 0 N–H and O–H groups in total. The topological polar surface area (TPSA) is 16.4 Å². The van der Waals surface area contributed by atoms with Crippen molar-refractivity contribution in [3.63, 3.8) is 0 Å². The van der Waals surface area contributed by atoms with Gasteiger partial charge in [-0.25, -0.2) is 0 Å². The summed E-state index contributed by atoms with van der Waals surface area (Å²) in [6.07, 6.45) is 0. The highest BCUT2D eigenvalue weighted by Gasteiger charge is 2.20.